The predicted octanol–water partition coefficient (Wildman–Crippen LogP) is 4.89. The lowest BCUT2D eigenvalue weighted by Gasteiger charge is -2.22. The highest BCUT2D eigenvalue weighted by atomic mass is 16.1. The molecule has 2 atom stereocenters. The largest absolute Gasteiger partial charge is 0.362 e. The molecular formula is C24H27N5O. The lowest BCUT2D eigenvalue weighted by molar-refractivity contribution is 0.634. The van der Waals surface area contributed by atoms with E-state index in [2.05, 4.69) is 40.2 Å². The molecule has 2 aliphatic rings. The Morgan fingerprint density at radius 1 is 1.20 bits per heavy atom. The number of nitrogens with zero attached hydrogens (tertiary/aromatic N) is 4. The molecule has 0 spiro atoms. The van der Waals surface area contributed by atoms with Gasteiger partial charge in [0.1, 0.15) is 12.1 Å². The van der Waals surface area contributed by atoms with Crippen LogP contribution in [-0.4, -0.2) is 20.7 Å². The standard InChI is InChI=1S/C24H27N5O/c1-14-7-10-19-22(25-12-14)26-13-27-23(19)28-16(3)20-11-17-6-4-5-15(2)21(17)24(30)29(20)18-8-9-18/h4-6,11-14,16,18H,7-10H2,1-3H3,(H,26,27,28). The van der Waals surface area contributed by atoms with Crippen molar-refractivity contribution in [3.05, 3.63) is 57.8 Å². The third-order valence-electron chi connectivity index (χ3n) is 6.25. The maximum Gasteiger partial charge on any atom is 0.259 e. The van der Waals surface area contributed by atoms with Crippen molar-refractivity contribution in [2.24, 2.45) is 10.9 Å². The fourth-order valence-electron chi connectivity index (χ4n) is 4.40. The molecule has 2 unspecified atom stereocenters. The Hall–Kier alpha value is -3.02. The molecule has 0 bridgehead atoms. The molecule has 1 aliphatic heterocycles. The number of aryl methyl sites for hydroxylation is 1. The average Bonchev–Trinajstić information content (AvgIpc) is 3.57. The summed E-state index contributed by atoms with van der Waals surface area (Å²) in [5, 5.41) is 5.41. The number of hydrogen-bond acceptors (Lipinski definition) is 5. The van der Waals surface area contributed by atoms with E-state index in [0.717, 1.165) is 64.9 Å². The normalized spacial score (nSPS) is 19.4. The molecule has 0 saturated heterocycles. The molecule has 1 N–H and O–H groups in total. The molecule has 2 aromatic heterocycles. The van der Waals surface area contributed by atoms with Gasteiger partial charge in [-0.15, -0.1) is 0 Å². The molecule has 0 radical (unpaired) electrons. The highest BCUT2D eigenvalue weighted by Gasteiger charge is 2.29. The van der Waals surface area contributed by atoms with Crippen molar-refractivity contribution in [1.29, 1.82) is 0 Å². The molecule has 3 aromatic rings. The molecule has 6 heteroatoms. The second-order valence-corrected chi connectivity index (χ2v) is 8.70. The van der Waals surface area contributed by atoms with Crippen molar-refractivity contribution in [2.45, 2.75) is 58.5 Å². The van der Waals surface area contributed by atoms with Crippen LogP contribution in [0.5, 0.6) is 0 Å². The van der Waals surface area contributed by atoms with Gasteiger partial charge in [-0.1, -0.05) is 25.1 Å². The van der Waals surface area contributed by atoms with Crippen molar-refractivity contribution in [3.8, 4) is 0 Å². The number of aromatic nitrogens is 3. The van der Waals surface area contributed by atoms with E-state index in [1.165, 1.54) is 0 Å². The van der Waals surface area contributed by atoms with Crippen molar-refractivity contribution >= 4 is 28.6 Å². The Morgan fingerprint density at radius 2 is 2.03 bits per heavy atom. The summed E-state index contributed by atoms with van der Waals surface area (Å²) < 4.78 is 2.01. The van der Waals surface area contributed by atoms with E-state index < -0.39 is 0 Å². The summed E-state index contributed by atoms with van der Waals surface area (Å²) in [5.41, 5.74) is 3.23. The third-order valence-corrected chi connectivity index (χ3v) is 6.25. The van der Waals surface area contributed by atoms with Gasteiger partial charge in [0.15, 0.2) is 5.82 Å². The van der Waals surface area contributed by atoms with Crippen LogP contribution in [0, 0.1) is 12.8 Å². The number of pyridine rings is 1. The van der Waals surface area contributed by atoms with Crippen LogP contribution in [0.15, 0.2) is 40.4 Å². The van der Waals surface area contributed by atoms with Gasteiger partial charge in [0.25, 0.3) is 5.56 Å². The number of rotatable bonds is 4. The molecule has 0 amide bonds. The summed E-state index contributed by atoms with van der Waals surface area (Å²) in [4.78, 5) is 26.9. The number of anilines is 1. The highest BCUT2D eigenvalue weighted by Crippen LogP contribution is 2.38. The number of aliphatic imine (C=N–C) groups is 1. The minimum Gasteiger partial charge on any atom is -0.362 e. The summed E-state index contributed by atoms with van der Waals surface area (Å²) in [5.74, 6) is 1.99. The summed E-state index contributed by atoms with van der Waals surface area (Å²) in [6, 6.07) is 8.47. The maximum absolute atomic E-state index is 13.4. The van der Waals surface area contributed by atoms with Gasteiger partial charge in [-0.3, -0.25) is 4.79 Å². The minimum absolute atomic E-state index is 0.0631. The van der Waals surface area contributed by atoms with Crippen molar-refractivity contribution in [3.63, 3.8) is 0 Å². The molecule has 1 aliphatic carbocycles. The van der Waals surface area contributed by atoms with Crippen LogP contribution in [0.1, 0.15) is 62.0 Å². The number of hydrogen-bond donors (Lipinski definition) is 1. The SMILES string of the molecule is Cc1cccc2cc(C(C)Nc3ncnc4c3CCC(C)C=N4)n(C3CC3)c(=O)c12. The van der Waals surface area contributed by atoms with Gasteiger partial charge in [-0.25, -0.2) is 15.0 Å². The Balaban J connectivity index is 1.57. The minimum atomic E-state index is -0.0631. The monoisotopic (exact) mass is 401 g/mol. The first-order chi connectivity index (χ1) is 14.5. The quantitative estimate of drug-likeness (QED) is 0.675. The average molecular weight is 402 g/mol. The molecule has 1 fully saturated rings. The molecule has 6 nitrogen and oxygen atoms in total. The zero-order chi connectivity index (χ0) is 20.8. The van der Waals surface area contributed by atoms with Gasteiger partial charge in [0.05, 0.1) is 11.4 Å². The van der Waals surface area contributed by atoms with E-state index in [9.17, 15) is 4.79 Å². The van der Waals surface area contributed by atoms with Crippen molar-refractivity contribution in [2.75, 3.05) is 5.32 Å². The first-order valence-corrected chi connectivity index (χ1v) is 10.8. The molecule has 3 heterocycles. The zero-order valence-electron chi connectivity index (χ0n) is 17.7. The molecule has 1 saturated carbocycles. The smallest absolute Gasteiger partial charge is 0.259 e. The van der Waals surface area contributed by atoms with Crippen LogP contribution in [0.4, 0.5) is 11.6 Å². The fraction of sp³-hybridized carbons (Fsp3) is 0.417. The van der Waals surface area contributed by atoms with Crippen LogP contribution in [0.25, 0.3) is 10.8 Å². The third kappa shape index (κ3) is 3.30. The van der Waals surface area contributed by atoms with E-state index in [4.69, 9.17) is 0 Å². The number of benzene rings is 1. The van der Waals surface area contributed by atoms with Gasteiger partial charge in [-0.05, 0) is 62.5 Å². The van der Waals surface area contributed by atoms with E-state index in [1.807, 2.05) is 35.9 Å². The Kier molecular flexibility index (Phi) is 4.65. The van der Waals surface area contributed by atoms with E-state index >= 15 is 0 Å². The molecule has 30 heavy (non-hydrogen) atoms. The second kappa shape index (κ2) is 7.35. The van der Waals surface area contributed by atoms with Gasteiger partial charge in [-0.2, -0.15) is 0 Å². The molecular weight excluding hydrogens is 374 g/mol. The lowest BCUT2D eigenvalue weighted by Crippen LogP contribution is -2.27. The van der Waals surface area contributed by atoms with Crippen LogP contribution >= 0.6 is 0 Å². The first kappa shape index (κ1) is 19.0. The van der Waals surface area contributed by atoms with Crippen LogP contribution in [0.3, 0.4) is 0 Å². The Bertz CT molecular complexity index is 1210. The van der Waals surface area contributed by atoms with Crippen LogP contribution in [0.2, 0.25) is 0 Å². The zero-order valence-corrected chi connectivity index (χ0v) is 17.7. The van der Waals surface area contributed by atoms with Gasteiger partial charge < -0.3 is 9.88 Å². The molecule has 1 aromatic carbocycles. The van der Waals surface area contributed by atoms with E-state index in [-0.39, 0.29) is 11.6 Å². The maximum atomic E-state index is 13.4. The molecule has 154 valence electrons. The molecule has 5 rings (SSSR count). The van der Waals surface area contributed by atoms with Crippen LogP contribution in [-0.2, 0) is 6.42 Å². The number of fused-ring (bicyclic) bond motifs is 2. The Labute approximate surface area is 176 Å². The van der Waals surface area contributed by atoms with E-state index in [1.54, 1.807) is 6.33 Å². The van der Waals surface area contributed by atoms with Gasteiger partial charge in [0, 0.05) is 23.5 Å². The highest BCUT2D eigenvalue weighted by molar-refractivity contribution is 5.85. The topological polar surface area (TPSA) is 72.2 Å². The van der Waals surface area contributed by atoms with Crippen molar-refractivity contribution < 1.29 is 0 Å². The van der Waals surface area contributed by atoms with Gasteiger partial charge >= 0.3 is 0 Å². The lowest BCUT2D eigenvalue weighted by atomic mass is 10.0. The van der Waals surface area contributed by atoms with Gasteiger partial charge in [0.2, 0.25) is 0 Å². The van der Waals surface area contributed by atoms with E-state index in [0.29, 0.717) is 12.0 Å². The first-order valence-electron chi connectivity index (χ1n) is 10.8. The van der Waals surface area contributed by atoms with Crippen LogP contribution < -0.4 is 10.9 Å². The fourth-order valence-corrected chi connectivity index (χ4v) is 4.40. The Morgan fingerprint density at radius 3 is 2.83 bits per heavy atom. The summed E-state index contributed by atoms with van der Waals surface area (Å²) in [6.07, 6.45) is 7.58. The van der Waals surface area contributed by atoms with Crippen molar-refractivity contribution in [1.82, 2.24) is 14.5 Å². The second-order valence-electron chi connectivity index (χ2n) is 8.70. The summed E-state index contributed by atoms with van der Waals surface area (Å²) >= 11 is 0. The summed E-state index contributed by atoms with van der Waals surface area (Å²) in [6.45, 7) is 6.29. The number of nitrogens with one attached hydrogen (secondary N) is 1. The predicted molar refractivity (Wildman–Crippen MR) is 121 cm³/mol. The summed E-state index contributed by atoms with van der Waals surface area (Å²) in [7, 11) is 0.